The molecule has 3 aromatic rings. The van der Waals surface area contributed by atoms with Gasteiger partial charge >= 0.3 is 0 Å². The number of piperazine rings is 1. The Balaban J connectivity index is 1.28. The summed E-state index contributed by atoms with van der Waals surface area (Å²) in [5.74, 6) is -0.446. The summed E-state index contributed by atoms with van der Waals surface area (Å²) in [4.78, 5) is 40.4. The fourth-order valence-corrected chi connectivity index (χ4v) is 4.28. The molecule has 9 heteroatoms. The SMILES string of the molecule is O=C(CN1CCN(c2ccccc2[N+](=O)[O-])CC1)Nc1ccccc1C(=O)NCCc1ccccc1. The minimum Gasteiger partial charge on any atom is -0.363 e. The molecule has 0 radical (unpaired) electrons. The Morgan fingerprint density at radius 1 is 0.861 bits per heavy atom. The van der Waals surface area contributed by atoms with Crippen LogP contribution in [0.1, 0.15) is 15.9 Å². The summed E-state index contributed by atoms with van der Waals surface area (Å²) < 4.78 is 0. The van der Waals surface area contributed by atoms with Crippen LogP contribution in [0.4, 0.5) is 17.1 Å². The highest BCUT2D eigenvalue weighted by molar-refractivity contribution is 6.04. The third-order valence-electron chi connectivity index (χ3n) is 6.15. The van der Waals surface area contributed by atoms with Crippen LogP contribution in [0.3, 0.4) is 0 Å². The van der Waals surface area contributed by atoms with Crippen LogP contribution in [-0.4, -0.2) is 60.9 Å². The number of anilines is 2. The highest BCUT2D eigenvalue weighted by Gasteiger charge is 2.24. The van der Waals surface area contributed by atoms with Crippen LogP contribution >= 0.6 is 0 Å². The molecule has 1 saturated heterocycles. The van der Waals surface area contributed by atoms with Crippen molar-refractivity contribution in [3.05, 3.63) is 100 Å². The van der Waals surface area contributed by atoms with Gasteiger partial charge in [-0.3, -0.25) is 24.6 Å². The summed E-state index contributed by atoms with van der Waals surface area (Å²) in [5.41, 5.74) is 2.71. The predicted molar refractivity (Wildman–Crippen MR) is 139 cm³/mol. The van der Waals surface area contributed by atoms with Gasteiger partial charge < -0.3 is 15.5 Å². The largest absolute Gasteiger partial charge is 0.363 e. The smallest absolute Gasteiger partial charge is 0.292 e. The number of amides is 2. The molecule has 2 amide bonds. The number of nitro benzene ring substituents is 1. The molecule has 0 bridgehead atoms. The van der Waals surface area contributed by atoms with Gasteiger partial charge in [0.15, 0.2) is 0 Å². The van der Waals surface area contributed by atoms with Crippen molar-refractivity contribution in [2.75, 3.05) is 49.5 Å². The van der Waals surface area contributed by atoms with Crippen LogP contribution in [0, 0.1) is 10.1 Å². The van der Waals surface area contributed by atoms with E-state index in [4.69, 9.17) is 0 Å². The van der Waals surface area contributed by atoms with Gasteiger partial charge in [0.05, 0.1) is 22.7 Å². The molecule has 1 aliphatic rings. The third kappa shape index (κ3) is 6.45. The number of nitrogens with one attached hydrogen (secondary N) is 2. The van der Waals surface area contributed by atoms with E-state index in [-0.39, 0.29) is 29.0 Å². The summed E-state index contributed by atoms with van der Waals surface area (Å²) in [7, 11) is 0. The van der Waals surface area contributed by atoms with E-state index in [9.17, 15) is 19.7 Å². The Bertz CT molecular complexity index is 1210. The van der Waals surface area contributed by atoms with Crippen molar-refractivity contribution in [3.63, 3.8) is 0 Å². The van der Waals surface area contributed by atoms with E-state index in [0.717, 1.165) is 12.0 Å². The zero-order valence-corrected chi connectivity index (χ0v) is 19.9. The molecule has 4 rings (SSSR count). The van der Waals surface area contributed by atoms with E-state index in [1.165, 1.54) is 6.07 Å². The molecule has 0 aromatic heterocycles. The Hall–Kier alpha value is -4.24. The first-order chi connectivity index (χ1) is 17.5. The van der Waals surface area contributed by atoms with Crippen LogP contribution in [0.25, 0.3) is 0 Å². The average Bonchev–Trinajstić information content (AvgIpc) is 2.90. The fraction of sp³-hybridized carbons (Fsp3) is 0.259. The lowest BCUT2D eigenvalue weighted by atomic mass is 10.1. The minimum atomic E-state index is -0.371. The second-order valence-electron chi connectivity index (χ2n) is 8.59. The molecular formula is C27H29N5O4. The standard InChI is InChI=1S/C27H29N5O4/c33-26(20-30-16-18-31(19-17-30)24-12-6-7-13-25(24)32(35)36)29-23-11-5-4-10-22(23)27(34)28-15-14-21-8-2-1-3-9-21/h1-13H,14-20H2,(H,28,34)(H,29,33). The summed E-state index contributed by atoms with van der Waals surface area (Å²) >= 11 is 0. The van der Waals surface area contributed by atoms with Crippen LogP contribution in [-0.2, 0) is 11.2 Å². The quantitative estimate of drug-likeness (QED) is 0.354. The summed E-state index contributed by atoms with van der Waals surface area (Å²) in [6.45, 7) is 3.03. The summed E-state index contributed by atoms with van der Waals surface area (Å²) in [6, 6.07) is 23.6. The van der Waals surface area contributed by atoms with E-state index in [2.05, 4.69) is 10.6 Å². The van der Waals surface area contributed by atoms with Crippen LogP contribution < -0.4 is 15.5 Å². The van der Waals surface area contributed by atoms with Gasteiger partial charge in [0.25, 0.3) is 11.6 Å². The third-order valence-corrected chi connectivity index (χ3v) is 6.15. The predicted octanol–water partition coefficient (Wildman–Crippen LogP) is 3.33. The average molecular weight is 488 g/mol. The molecule has 0 spiro atoms. The second kappa shape index (κ2) is 11.9. The topological polar surface area (TPSA) is 108 Å². The number of para-hydroxylation sites is 3. The molecule has 0 atom stereocenters. The molecule has 1 heterocycles. The number of hydrogen-bond acceptors (Lipinski definition) is 6. The van der Waals surface area contributed by atoms with Crippen molar-refractivity contribution in [3.8, 4) is 0 Å². The van der Waals surface area contributed by atoms with Crippen molar-refractivity contribution in [2.24, 2.45) is 0 Å². The highest BCUT2D eigenvalue weighted by Crippen LogP contribution is 2.28. The Kier molecular flexibility index (Phi) is 8.25. The van der Waals surface area contributed by atoms with Crippen molar-refractivity contribution in [2.45, 2.75) is 6.42 Å². The Labute approximate surface area is 209 Å². The van der Waals surface area contributed by atoms with Crippen molar-refractivity contribution >= 4 is 28.9 Å². The number of nitrogens with zero attached hydrogens (tertiary/aromatic N) is 3. The molecule has 9 nitrogen and oxygen atoms in total. The number of rotatable bonds is 9. The Morgan fingerprint density at radius 2 is 1.53 bits per heavy atom. The first-order valence-electron chi connectivity index (χ1n) is 11.9. The molecule has 1 aliphatic heterocycles. The molecule has 0 saturated carbocycles. The van der Waals surface area contributed by atoms with Crippen molar-refractivity contribution in [1.82, 2.24) is 10.2 Å². The number of carbonyl (C=O) groups is 2. The number of carbonyl (C=O) groups excluding carboxylic acids is 2. The molecule has 3 aromatic carbocycles. The second-order valence-corrected chi connectivity index (χ2v) is 8.59. The van der Waals surface area contributed by atoms with Gasteiger partial charge in [-0.1, -0.05) is 54.6 Å². The normalized spacial score (nSPS) is 13.7. The van der Waals surface area contributed by atoms with E-state index in [1.807, 2.05) is 40.1 Å². The maximum Gasteiger partial charge on any atom is 0.292 e. The van der Waals surface area contributed by atoms with E-state index >= 15 is 0 Å². The summed E-state index contributed by atoms with van der Waals surface area (Å²) in [5, 5.41) is 17.1. The lowest BCUT2D eigenvalue weighted by Gasteiger charge is -2.35. The molecule has 186 valence electrons. The first-order valence-corrected chi connectivity index (χ1v) is 11.9. The lowest BCUT2D eigenvalue weighted by molar-refractivity contribution is -0.384. The first kappa shape index (κ1) is 24.9. The number of nitro groups is 1. The van der Waals surface area contributed by atoms with Crippen LogP contribution in [0.5, 0.6) is 0 Å². The maximum absolute atomic E-state index is 12.8. The maximum atomic E-state index is 12.8. The van der Waals surface area contributed by atoms with Gasteiger partial charge in [-0.2, -0.15) is 0 Å². The van der Waals surface area contributed by atoms with Gasteiger partial charge in [0.1, 0.15) is 5.69 Å². The van der Waals surface area contributed by atoms with E-state index < -0.39 is 0 Å². The Morgan fingerprint density at radius 3 is 2.28 bits per heavy atom. The van der Waals surface area contributed by atoms with E-state index in [1.54, 1.807) is 42.5 Å². The van der Waals surface area contributed by atoms with Gasteiger partial charge in [0.2, 0.25) is 5.91 Å². The van der Waals surface area contributed by atoms with Gasteiger partial charge in [-0.25, -0.2) is 0 Å². The van der Waals surface area contributed by atoms with E-state index in [0.29, 0.717) is 49.7 Å². The number of benzene rings is 3. The molecule has 2 N–H and O–H groups in total. The number of hydrogen-bond donors (Lipinski definition) is 2. The summed E-state index contributed by atoms with van der Waals surface area (Å²) in [6.07, 6.45) is 0.721. The van der Waals surface area contributed by atoms with Gasteiger partial charge in [0, 0.05) is 38.8 Å². The zero-order chi connectivity index (χ0) is 25.3. The minimum absolute atomic E-state index is 0.0855. The van der Waals surface area contributed by atoms with Crippen molar-refractivity contribution in [1.29, 1.82) is 0 Å². The van der Waals surface area contributed by atoms with Crippen molar-refractivity contribution < 1.29 is 14.5 Å². The zero-order valence-electron chi connectivity index (χ0n) is 19.9. The van der Waals surface area contributed by atoms with Gasteiger partial charge in [-0.15, -0.1) is 0 Å². The monoisotopic (exact) mass is 487 g/mol. The molecular weight excluding hydrogens is 458 g/mol. The fourth-order valence-electron chi connectivity index (χ4n) is 4.28. The van der Waals surface area contributed by atoms with Gasteiger partial charge in [-0.05, 0) is 30.2 Å². The molecule has 0 unspecified atom stereocenters. The highest BCUT2D eigenvalue weighted by atomic mass is 16.6. The molecule has 36 heavy (non-hydrogen) atoms. The van der Waals surface area contributed by atoms with Crippen LogP contribution in [0.15, 0.2) is 78.9 Å². The van der Waals surface area contributed by atoms with Crippen LogP contribution in [0.2, 0.25) is 0 Å². The molecule has 1 fully saturated rings. The lowest BCUT2D eigenvalue weighted by Crippen LogP contribution is -2.48. The molecule has 0 aliphatic carbocycles.